The SMILES string of the molecule is CC(C)Oc1ccc(NC(=O)C(=O)NC[C@H](C)c2cccs2)cc1. The standard InChI is InChI=1S/C18H22N2O3S/c1-12(2)23-15-8-6-14(7-9-15)20-18(22)17(21)19-11-13(3)16-5-4-10-24-16/h4-10,12-13H,11H2,1-3H3,(H,19,21)(H,20,22)/t13-/m0/s1. The second-order valence-electron chi connectivity index (χ2n) is 5.77. The van der Waals surface area contributed by atoms with E-state index in [4.69, 9.17) is 4.74 Å². The highest BCUT2D eigenvalue weighted by Gasteiger charge is 2.15. The molecule has 24 heavy (non-hydrogen) atoms. The minimum Gasteiger partial charge on any atom is -0.491 e. The first-order chi connectivity index (χ1) is 11.5. The van der Waals surface area contributed by atoms with Crippen molar-refractivity contribution in [2.75, 3.05) is 11.9 Å². The minimum absolute atomic E-state index is 0.0848. The molecule has 1 aromatic heterocycles. The summed E-state index contributed by atoms with van der Waals surface area (Å²) in [6.07, 6.45) is 0.0848. The first-order valence-corrected chi connectivity index (χ1v) is 8.73. The van der Waals surface area contributed by atoms with E-state index < -0.39 is 11.8 Å². The van der Waals surface area contributed by atoms with E-state index in [-0.39, 0.29) is 12.0 Å². The van der Waals surface area contributed by atoms with Gasteiger partial charge in [0.05, 0.1) is 6.10 Å². The van der Waals surface area contributed by atoms with Gasteiger partial charge in [-0.05, 0) is 49.6 Å². The largest absolute Gasteiger partial charge is 0.491 e. The Morgan fingerprint density at radius 2 is 1.79 bits per heavy atom. The minimum atomic E-state index is -0.675. The molecule has 0 spiro atoms. The molecule has 0 radical (unpaired) electrons. The quantitative estimate of drug-likeness (QED) is 0.788. The molecule has 1 atom stereocenters. The van der Waals surface area contributed by atoms with Gasteiger partial charge in [-0.2, -0.15) is 0 Å². The van der Waals surface area contributed by atoms with E-state index in [1.807, 2.05) is 38.3 Å². The van der Waals surface area contributed by atoms with E-state index in [1.54, 1.807) is 35.6 Å². The van der Waals surface area contributed by atoms with Gasteiger partial charge in [-0.1, -0.05) is 13.0 Å². The number of hydrogen-bond donors (Lipinski definition) is 2. The van der Waals surface area contributed by atoms with Crippen LogP contribution in [0.1, 0.15) is 31.6 Å². The molecule has 2 aromatic rings. The molecule has 0 unspecified atom stereocenters. The number of anilines is 1. The van der Waals surface area contributed by atoms with Gasteiger partial charge in [0.2, 0.25) is 0 Å². The van der Waals surface area contributed by atoms with Crippen LogP contribution < -0.4 is 15.4 Å². The molecule has 0 saturated heterocycles. The highest BCUT2D eigenvalue weighted by atomic mass is 32.1. The topological polar surface area (TPSA) is 67.4 Å². The van der Waals surface area contributed by atoms with Crippen molar-refractivity contribution in [2.24, 2.45) is 0 Å². The van der Waals surface area contributed by atoms with Crippen LogP contribution in [0.5, 0.6) is 5.75 Å². The highest BCUT2D eigenvalue weighted by molar-refractivity contribution is 7.10. The highest BCUT2D eigenvalue weighted by Crippen LogP contribution is 2.19. The molecule has 1 aromatic carbocycles. The van der Waals surface area contributed by atoms with Gasteiger partial charge in [-0.3, -0.25) is 9.59 Å². The zero-order chi connectivity index (χ0) is 17.5. The molecule has 2 rings (SSSR count). The molecule has 5 nitrogen and oxygen atoms in total. The Morgan fingerprint density at radius 1 is 1.08 bits per heavy atom. The van der Waals surface area contributed by atoms with Crippen molar-refractivity contribution in [1.82, 2.24) is 5.32 Å². The van der Waals surface area contributed by atoms with Gasteiger partial charge in [0, 0.05) is 23.0 Å². The summed E-state index contributed by atoms with van der Waals surface area (Å²) in [6.45, 7) is 6.32. The molecule has 2 N–H and O–H groups in total. The Balaban J connectivity index is 1.81. The molecule has 0 saturated carbocycles. The van der Waals surface area contributed by atoms with E-state index >= 15 is 0 Å². The van der Waals surface area contributed by atoms with Crippen LogP contribution in [-0.2, 0) is 9.59 Å². The van der Waals surface area contributed by atoms with Crippen molar-refractivity contribution in [3.8, 4) is 5.75 Å². The van der Waals surface area contributed by atoms with Gasteiger partial charge in [0.15, 0.2) is 0 Å². The summed E-state index contributed by atoms with van der Waals surface area (Å²) in [5.74, 6) is -0.418. The van der Waals surface area contributed by atoms with Crippen LogP contribution in [0.3, 0.4) is 0 Å². The number of carbonyl (C=O) groups is 2. The second-order valence-corrected chi connectivity index (χ2v) is 6.75. The van der Waals surface area contributed by atoms with Crippen LogP contribution in [0.15, 0.2) is 41.8 Å². The van der Waals surface area contributed by atoms with Gasteiger partial charge in [0.25, 0.3) is 0 Å². The summed E-state index contributed by atoms with van der Waals surface area (Å²) in [4.78, 5) is 25.0. The maximum absolute atomic E-state index is 11.9. The van der Waals surface area contributed by atoms with Crippen molar-refractivity contribution < 1.29 is 14.3 Å². The summed E-state index contributed by atoms with van der Waals surface area (Å²) in [5, 5.41) is 7.23. The van der Waals surface area contributed by atoms with Gasteiger partial charge in [-0.15, -0.1) is 11.3 Å². The summed E-state index contributed by atoms with van der Waals surface area (Å²) < 4.78 is 5.53. The lowest BCUT2D eigenvalue weighted by atomic mass is 10.1. The summed E-state index contributed by atoms with van der Waals surface area (Å²) in [7, 11) is 0. The zero-order valence-corrected chi connectivity index (χ0v) is 14.9. The maximum atomic E-state index is 11.9. The first kappa shape index (κ1) is 18.0. The number of nitrogens with one attached hydrogen (secondary N) is 2. The maximum Gasteiger partial charge on any atom is 0.313 e. The Kier molecular flexibility index (Phi) is 6.37. The number of rotatable bonds is 6. The molecule has 6 heteroatoms. The zero-order valence-electron chi connectivity index (χ0n) is 14.0. The van der Waals surface area contributed by atoms with Crippen molar-refractivity contribution in [3.63, 3.8) is 0 Å². The van der Waals surface area contributed by atoms with Crippen molar-refractivity contribution in [2.45, 2.75) is 32.8 Å². The van der Waals surface area contributed by atoms with E-state index in [2.05, 4.69) is 10.6 Å². The normalized spacial score (nSPS) is 11.8. The number of carbonyl (C=O) groups excluding carboxylic acids is 2. The van der Waals surface area contributed by atoms with Crippen molar-refractivity contribution >= 4 is 28.8 Å². The molecule has 0 aliphatic heterocycles. The summed E-state index contributed by atoms with van der Waals surface area (Å²) in [6, 6.07) is 10.9. The van der Waals surface area contributed by atoms with Crippen LogP contribution in [0.2, 0.25) is 0 Å². The first-order valence-electron chi connectivity index (χ1n) is 7.85. The van der Waals surface area contributed by atoms with Gasteiger partial charge in [0.1, 0.15) is 5.75 Å². The van der Waals surface area contributed by atoms with Gasteiger partial charge < -0.3 is 15.4 Å². The predicted octanol–water partition coefficient (Wildman–Crippen LogP) is 3.39. The molecule has 2 amide bonds. The lowest BCUT2D eigenvalue weighted by Gasteiger charge is -2.12. The van der Waals surface area contributed by atoms with Crippen LogP contribution in [0.4, 0.5) is 5.69 Å². The molecule has 0 aliphatic rings. The Morgan fingerprint density at radius 3 is 2.38 bits per heavy atom. The summed E-state index contributed by atoms with van der Waals surface area (Å²) in [5.41, 5.74) is 0.553. The summed E-state index contributed by atoms with van der Waals surface area (Å²) >= 11 is 1.64. The fraction of sp³-hybridized carbons (Fsp3) is 0.333. The van der Waals surface area contributed by atoms with Crippen LogP contribution in [-0.4, -0.2) is 24.5 Å². The number of benzene rings is 1. The monoisotopic (exact) mass is 346 g/mol. The average molecular weight is 346 g/mol. The van der Waals surface area contributed by atoms with Gasteiger partial charge >= 0.3 is 11.8 Å². The molecule has 128 valence electrons. The second kappa shape index (κ2) is 8.49. The Labute approximate surface area is 146 Å². The van der Waals surface area contributed by atoms with E-state index in [1.165, 1.54) is 4.88 Å². The van der Waals surface area contributed by atoms with E-state index in [0.717, 1.165) is 5.75 Å². The average Bonchev–Trinajstić information content (AvgIpc) is 3.08. The van der Waals surface area contributed by atoms with E-state index in [0.29, 0.717) is 12.2 Å². The number of amides is 2. The van der Waals surface area contributed by atoms with Crippen LogP contribution in [0.25, 0.3) is 0 Å². The Hall–Kier alpha value is -2.34. The molecule has 0 aliphatic carbocycles. The fourth-order valence-electron chi connectivity index (χ4n) is 2.08. The smallest absolute Gasteiger partial charge is 0.313 e. The third-order valence-corrected chi connectivity index (χ3v) is 4.39. The number of ether oxygens (including phenoxy) is 1. The van der Waals surface area contributed by atoms with Crippen LogP contribution >= 0.6 is 11.3 Å². The lowest BCUT2D eigenvalue weighted by molar-refractivity contribution is -0.136. The lowest BCUT2D eigenvalue weighted by Crippen LogP contribution is -2.37. The van der Waals surface area contributed by atoms with E-state index in [9.17, 15) is 9.59 Å². The molecule has 1 heterocycles. The number of hydrogen-bond acceptors (Lipinski definition) is 4. The number of thiophene rings is 1. The fourth-order valence-corrected chi connectivity index (χ4v) is 2.86. The molecule has 0 fully saturated rings. The molecule has 0 bridgehead atoms. The molecular formula is C18H22N2O3S. The Bertz CT molecular complexity index is 666. The van der Waals surface area contributed by atoms with Crippen molar-refractivity contribution in [3.05, 3.63) is 46.7 Å². The van der Waals surface area contributed by atoms with Gasteiger partial charge in [-0.25, -0.2) is 0 Å². The predicted molar refractivity (Wildman–Crippen MR) is 96.6 cm³/mol. The third-order valence-electron chi connectivity index (χ3n) is 3.29. The van der Waals surface area contributed by atoms with Crippen LogP contribution in [0, 0.1) is 0 Å². The molecular weight excluding hydrogens is 324 g/mol. The van der Waals surface area contributed by atoms with Crippen molar-refractivity contribution in [1.29, 1.82) is 0 Å². The third kappa shape index (κ3) is 5.38.